The van der Waals surface area contributed by atoms with E-state index in [-0.39, 0.29) is 112 Å². The molecule has 8 aliphatic heterocycles. The van der Waals surface area contributed by atoms with Crippen molar-refractivity contribution in [3.05, 3.63) is 267 Å². The number of methoxy groups -OCH3 is 1. The van der Waals surface area contributed by atoms with Gasteiger partial charge in [0.1, 0.15) is 51.6 Å². The number of anilines is 8. The third-order valence-corrected chi connectivity index (χ3v) is 25.0. The number of nitrogens with zero attached hydrogens (tertiary/aromatic N) is 16. The number of nitrogens with two attached hydrogens (primary N) is 4. The predicted octanol–water partition coefficient (Wildman–Crippen LogP) is 11.2. The van der Waals surface area contributed by atoms with Crippen LogP contribution in [-0.2, 0) is 44.9 Å². The van der Waals surface area contributed by atoms with Crippen LogP contribution in [0.4, 0.5) is 58.7 Å². The minimum atomic E-state index is -0.845. The number of para-hydroxylation sites is 2. The number of ether oxygens (including phenoxy) is 3. The molecule has 20 rings (SSSR count). The van der Waals surface area contributed by atoms with Crippen LogP contribution < -0.4 is 76.3 Å². The van der Waals surface area contributed by atoms with Crippen molar-refractivity contribution >= 4 is 116 Å². The van der Waals surface area contributed by atoms with E-state index in [9.17, 15) is 70.7 Å². The zero-order valence-electron chi connectivity index (χ0n) is 75.2. The summed E-state index contributed by atoms with van der Waals surface area (Å²) in [5, 5.41) is 17.2. The lowest BCUT2D eigenvalue weighted by molar-refractivity contribution is -0.117. The fraction of sp³-hybridized carbons (Fsp3) is 0.273. The highest BCUT2D eigenvalue weighted by Crippen LogP contribution is 2.40. The summed E-state index contributed by atoms with van der Waals surface area (Å²) in [5.41, 5.74) is 32.2. The van der Waals surface area contributed by atoms with Crippen LogP contribution in [0.3, 0.4) is 0 Å². The Morgan fingerprint density at radius 3 is 0.971 bits per heavy atom. The number of carbonyl (C=O) groups excluding carboxylic acids is 12. The molecule has 35 nitrogen and oxygen atoms in total. The van der Waals surface area contributed by atoms with Gasteiger partial charge in [-0.1, -0.05) is 25.1 Å². The molecule has 8 N–H and O–H groups in total. The van der Waals surface area contributed by atoms with Crippen molar-refractivity contribution in [2.24, 2.45) is 22.9 Å². The Hall–Kier alpha value is -16.6. The second-order valence-electron chi connectivity index (χ2n) is 33.5. The van der Waals surface area contributed by atoms with E-state index >= 15 is 0 Å². The lowest BCUT2D eigenvalue weighted by atomic mass is 10.0. The summed E-state index contributed by atoms with van der Waals surface area (Å²) in [6.07, 6.45) is 7.89. The van der Waals surface area contributed by atoms with Gasteiger partial charge >= 0.3 is 0 Å². The van der Waals surface area contributed by atoms with E-state index < -0.39 is 47.0 Å². The smallest absolute Gasteiger partial charge is 0.277 e. The number of primary amides is 4. The molecule has 1 unspecified atom stereocenters. The Morgan fingerprint density at radius 1 is 0.343 bits per heavy atom. The summed E-state index contributed by atoms with van der Waals surface area (Å²) >= 11 is 0. The Labute approximate surface area is 782 Å². The zero-order chi connectivity index (χ0) is 96.5. The average molecular weight is 1860 g/mol. The van der Waals surface area contributed by atoms with Gasteiger partial charge in [0.25, 0.3) is 47.3 Å². The monoisotopic (exact) mass is 1860 g/mol. The molecule has 0 bridgehead atoms. The quantitative estimate of drug-likeness (QED) is 0.0489. The van der Waals surface area contributed by atoms with Gasteiger partial charge in [0, 0.05) is 164 Å². The number of amides is 12. The van der Waals surface area contributed by atoms with E-state index in [1.165, 1.54) is 38.2 Å². The molecule has 4 aromatic heterocycles. The zero-order valence-corrected chi connectivity index (χ0v) is 75.2. The maximum absolute atomic E-state index is 14.4. The second-order valence-corrected chi connectivity index (χ2v) is 33.5. The first kappa shape index (κ1) is 92.3. The van der Waals surface area contributed by atoms with E-state index in [2.05, 4.69) is 20.4 Å². The van der Waals surface area contributed by atoms with E-state index in [4.69, 9.17) is 37.1 Å². The molecule has 4 fully saturated rings. The molecule has 0 spiro atoms. The largest absolute Gasteiger partial charge is 0.494 e. The fourth-order valence-electron chi connectivity index (χ4n) is 18.2. The summed E-state index contributed by atoms with van der Waals surface area (Å²) in [7, 11) is 1.35. The van der Waals surface area contributed by atoms with Crippen LogP contribution in [0.25, 0.3) is 22.7 Å². The normalized spacial score (nSPS) is 15.8. The standard InChI is InChI=1S/C27H29N5O4.C25H25N5O4.C24H22FN5O4.C23H19F2N5O3/c1-3-17(2)36-21-7-4-6-20(16-21)32-25-22(24(29-32)26(28)34)13-15-31(27(25)35)19-11-9-18(10-12-19)30-14-5-8-23(30)33;1-2-34-20-7-4-3-6-19(20)30-23-18(22(27-30)24(26)32)13-15-29(25(23)33)17-11-9-16(10-12-17)28-14-5-8-21(28)31;1-34-19-9-8-16(13-18(19)25)30-22-17(21(27-30)23(26)32)10-12-29(24(22)33)15-6-4-14(5-7-15)28-11-2-3-20(28)31;24-13-10-14(25)12-17(11-13)30-21-18(20(27-30)22(26)32)7-9-29(23(21)33)16-5-3-15(4-6-16)28-8-1-2-19(28)31/h4,6-7,9-12,16-17H,3,5,8,13-15H2,1-2H3,(H2,28,34);3-4,6-7,9-12H,2,5,8,13-15H2,1H3,(H2,26,32);4-9,13H,2-3,10-12H2,1H3,(H2,26,32);3-6,10-12H,1-2,7-9H2,(H2,26,32). The van der Waals surface area contributed by atoms with Crippen molar-refractivity contribution in [3.8, 4) is 40.0 Å². The molecule has 12 aromatic rings. The van der Waals surface area contributed by atoms with Crippen LogP contribution in [0.2, 0.25) is 0 Å². The Kier molecular flexibility index (Phi) is 26.2. The van der Waals surface area contributed by atoms with Gasteiger partial charge < -0.3 is 76.3 Å². The summed E-state index contributed by atoms with van der Waals surface area (Å²) in [6, 6.07) is 50.5. The first-order valence-electron chi connectivity index (χ1n) is 44.9. The highest BCUT2D eigenvalue weighted by Gasteiger charge is 2.41. The van der Waals surface area contributed by atoms with Gasteiger partial charge in [-0.2, -0.15) is 20.4 Å². The highest BCUT2D eigenvalue weighted by atomic mass is 19.1. The van der Waals surface area contributed by atoms with Crippen LogP contribution in [0, 0.1) is 17.5 Å². The fourth-order valence-corrected chi connectivity index (χ4v) is 18.2. The summed E-state index contributed by atoms with van der Waals surface area (Å²) in [4.78, 5) is 164. The van der Waals surface area contributed by atoms with Crippen molar-refractivity contribution in [1.82, 2.24) is 39.1 Å². The average Bonchev–Trinajstić information content (AvgIpc) is 1.62. The maximum Gasteiger partial charge on any atom is 0.277 e. The molecular formula is C99H95F3N20O15. The number of hydrogen-bond donors (Lipinski definition) is 4. The third kappa shape index (κ3) is 18.2. The molecule has 0 saturated carbocycles. The minimum Gasteiger partial charge on any atom is -0.494 e. The molecule has 702 valence electrons. The molecule has 38 heteroatoms. The van der Waals surface area contributed by atoms with Crippen molar-refractivity contribution in [2.45, 2.75) is 110 Å². The number of rotatable bonds is 22. The lowest BCUT2D eigenvalue weighted by Gasteiger charge is -2.28. The van der Waals surface area contributed by atoms with Gasteiger partial charge in [0.2, 0.25) is 23.6 Å². The number of carbonyl (C=O) groups is 12. The van der Waals surface area contributed by atoms with Crippen molar-refractivity contribution < 1.29 is 84.9 Å². The van der Waals surface area contributed by atoms with Crippen molar-refractivity contribution in [1.29, 1.82) is 0 Å². The number of benzene rings is 8. The molecule has 4 saturated heterocycles. The topological polar surface area (TPSA) is 434 Å². The molecule has 12 amide bonds. The number of halogens is 3. The van der Waals surface area contributed by atoms with Gasteiger partial charge in [0.05, 0.1) is 36.9 Å². The van der Waals surface area contributed by atoms with E-state index in [1.54, 1.807) is 95.0 Å². The first-order valence-corrected chi connectivity index (χ1v) is 44.9. The second kappa shape index (κ2) is 38.9. The predicted molar refractivity (Wildman–Crippen MR) is 500 cm³/mol. The number of fused-ring (bicyclic) bond motifs is 4. The SMILES string of the molecule is CCC(C)Oc1cccc(-n2nc(C(N)=O)c3c2C(=O)N(c2ccc(N4CCCC4=O)cc2)CC3)c1.CCOc1ccccc1-n1nc(C(N)=O)c2c1C(=O)N(c1ccc(N3CCCC3=O)cc1)CC2.COc1ccc(-n2nc(C(N)=O)c3c2C(=O)N(c2ccc(N4CCCC4=O)cc2)CC3)cc1F.NC(=O)c1nn(-c2cc(F)cc(F)c2)c2c1CCN(c1ccc(N3CCCC3=O)cc1)C2=O. The van der Waals surface area contributed by atoms with Crippen LogP contribution in [0.1, 0.15) is 185 Å². The van der Waals surface area contributed by atoms with Gasteiger partial charge in [0.15, 0.2) is 34.3 Å². The van der Waals surface area contributed by atoms with Gasteiger partial charge in [-0.05, 0) is 217 Å². The summed E-state index contributed by atoms with van der Waals surface area (Å²) in [5.74, 6) is -5.05. The molecule has 0 radical (unpaired) electrons. The lowest BCUT2D eigenvalue weighted by Crippen LogP contribution is -2.39. The Balaban J connectivity index is 0.000000127. The summed E-state index contributed by atoms with van der Waals surface area (Å²) in [6.45, 7) is 10.4. The van der Waals surface area contributed by atoms with Crippen LogP contribution in [0.5, 0.6) is 17.2 Å². The Morgan fingerprint density at radius 2 is 0.657 bits per heavy atom. The number of aromatic nitrogens is 8. The van der Waals surface area contributed by atoms with Crippen LogP contribution >= 0.6 is 0 Å². The van der Waals surface area contributed by atoms with Crippen LogP contribution in [0.15, 0.2) is 182 Å². The highest BCUT2D eigenvalue weighted by molar-refractivity contribution is 6.14. The first-order chi connectivity index (χ1) is 66.1. The molecule has 0 aliphatic carbocycles. The van der Waals surface area contributed by atoms with Gasteiger partial charge in [-0.3, -0.25) is 57.5 Å². The van der Waals surface area contributed by atoms with E-state index in [1.807, 2.05) is 112 Å². The molecule has 8 aliphatic rings. The van der Waals surface area contributed by atoms with E-state index in [0.717, 1.165) is 71.7 Å². The molecular weight excluding hydrogens is 1770 g/mol. The molecule has 1 atom stereocenters. The van der Waals surface area contributed by atoms with Crippen molar-refractivity contribution in [3.63, 3.8) is 0 Å². The third-order valence-electron chi connectivity index (χ3n) is 25.0. The minimum absolute atomic E-state index is 0.0119. The van der Waals surface area contributed by atoms with Crippen molar-refractivity contribution in [2.75, 3.05) is 105 Å². The summed E-state index contributed by atoms with van der Waals surface area (Å²) < 4.78 is 64.0. The van der Waals surface area contributed by atoms with Gasteiger partial charge in [-0.15, -0.1) is 0 Å². The molecule has 137 heavy (non-hydrogen) atoms. The maximum atomic E-state index is 14.4. The number of hydrogen-bond acceptors (Lipinski definition) is 19. The Bertz CT molecular complexity index is 6830. The molecule has 12 heterocycles. The molecule has 8 aromatic carbocycles. The van der Waals surface area contributed by atoms with Gasteiger partial charge in [-0.25, -0.2) is 31.9 Å². The van der Waals surface area contributed by atoms with Crippen LogP contribution in [-0.4, -0.2) is 182 Å². The van der Waals surface area contributed by atoms with E-state index in [0.29, 0.717) is 183 Å².